The molecule has 1 heterocycles. The zero-order valence-electron chi connectivity index (χ0n) is 12.0. The highest BCUT2D eigenvalue weighted by Crippen LogP contribution is 2.23. The van der Waals surface area contributed by atoms with E-state index in [1.165, 1.54) is 10.1 Å². The van der Waals surface area contributed by atoms with Crippen LogP contribution in [0, 0.1) is 6.92 Å². The van der Waals surface area contributed by atoms with Crippen molar-refractivity contribution in [2.45, 2.75) is 13.3 Å². The SMILES string of the molecule is Cc1ccc2c(c1)c(CCN(C)C)cn2C(=O)OCCl. The summed E-state index contributed by atoms with van der Waals surface area (Å²) in [6.07, 6.45) is 2.29. The fraction of sp³-hybridized carbons (Fsp3) is 0.400. The topological polar surface area (TPSA) is 34.5 Å². The van der Waals surface area contributed by atoms with E-state index in [9.17, 15) is 4.79 Å². The van der Waals surface area contributed by atoms with Crippen LogP contribution in [0.25, 0.3) is 10.9 Å². The van der Waals surface area contributed by atoms with E-state index in [0.29, 0.717) is 0 Å². The van der Waals surface area contributed by atoms with E-state index in [0.717, 1.165) is 29.4 Å². The highest BCUT2D eigenvalue weighted by molar-refractivity contribution is 6.17. The van der Waals surface area contributed by atoms with E-state index in [2.05, 4.69) is 11.0 Å². The molecule has 1 aromatic carbocycles. The van der Waals surface area contributed by atoms with Crippen LogP contribution >= 0.6 is 11.6 Å². The Bertz CT molecular complexity index is 620. The Kier molecular flexibility index (Phi) is 4.68. The second-order valence-corrected chi connectivity index (χ2v) is 5.34. The van der Waals surface area contributed by atoms with E-state index < -0.39 is 6.09 Å². The van der Waals surface area contributed by atoms with E-state index in [-0.39, 0.29) is 6.07 Å². The molecule has 0 N–H and O–H groups in total. The van der Waals surface area contributed by atoms with Crippen molar-refractivity contribution in [1.82, 2.24) is 9.47 Å². The maximum absolute atomic E-state index is 11.9. The third-order valence-corrected chi connectivity index (χ3v) is 3.35. The van der Waals surface area contributed by atoms with Crippen LogP contribution in [0.3, 0.4) is 0 Å². The number of hydrogen-bond donors (Lipinski definition) is 0. The molecule has 4 nitrogen and oxygen atoms in total. The van der Waals surface area contributed by atoms with E-state index >= 15 is 0 Å². The zero-order valence-corrected chi connectivity index (χ0v) is 12.8. The van der Waals surface area contributed by atoms with Gasteiger partial charge in [-0.25, -0.2) is 4.79 Å². The number of ether oxygens (including phenoxy) is 1. The number of benzene rings is 1. The smallest absolute Gasteiger partial charge is 0.419 e. The Labute approximate surface area is 123 Å². The molecular formula is C15H19ClN2O2. The van der Waals surface area contributed by atoms with Gasteiger partial charge in [-0.15, -0.1) is 0 Å². The van der Waals surface area contributed by atoms with Gasteiger partial charge in [0.15, 0.2) is 6.07 Å². The van der Waals surface area contributed by atoms with E-state index in [4.69, 9.17) is 16.3 Å². The summed E-state index contributed by atoms with van der Waals surface area (Å²) < 4.78 is 6.41. The van der Waals surface area contributed by atoms with Gasteiger partial charge in [-0.3, -0.25) is 4.57 Å². The number of aryl methyl sites for hydroxylation is 1. The Morgan fingerprint density at radius 2 is 2.15 bits per heavy atom. The molecule has 0 unspecified atom stereocenters. The van der Waals surface area contributed by atoms with Gasteiger partial charge in [0, 0.05) is 18.1 Å². The van der Waals surface area contributed by atoms with Crippen molar-refractivity contribution in [3.63, 3.8) is 0 Å². The van der Waals surface area contributed by atoms with Gasteiger partial charge in [-0.2, -0.15) is 0 Å². The number of carbonyl (C=O) groups excluding carboxylic acids is 1. The van der Waals surface area contributed by atoms with Crippen LogP contribution in [0.1, 0.15) is 11.1 Å². The monoisotopic (exact) mass is 294 g/mol. The minimum absolute atomic E-state index is 0.141. The lowest BCUT2D eigenvalue weighted by Gasteiger charge is -2.08. The molecule has 0 aliphatic carbocycles. The summed E-state index contributed by atoms with van der Waals surface area (Å²) in [5.41, 5.74) is 3.18. The number of alkyl halides is 1. The molecule has 0 aliphatic heterocycles. The van der Waals surface area contributed by atoms with Crippen molar-refractivity contribution >= 4 is 28.6 Å². The summed E-state index contributed by atoms with van der Waals surface area (Å²) in [5, 5.41) is 1.10. The molecule has 0 radical (unpaired) electrons. The van der Waals surface area contributed by atoms with Crippen molar-refractivity contribution in [2.24, 2.45) is 0 Å². The second kappa shape index (κ2) is 6.29. The first-order valence-corrected chi connectivity index (χ1v) is 7.05. The van der Waals surface area contributed by atoms with Crippen molar-refractivity contribution < 1.29 is 9.53 Å². The Morgan fingerprint density at radius 1 is 1.40 bits per heavy atom. The molecular weight excluding hydrogens is 276 g/mol. The van der Waals surface area contributed by atoms with E-state index in [1.807, 2.05) is 39.3 Å². The van der Waals surface area contributed by atoms with Crippen LogP contribution in [0.2, 0.25) is 0 Å². The Balaban J connectivity index is 2.45. The normalized spacial score (nSPS) is 11.2. The largest absolute Gasteiger partial charge is 0.433 e. The fourth-order valence-corrected chi connectivity index (χ4v) is 2.32. The van der Waals surface area contributed by atoms with Crippen molar-refractivity contribution in [3.8, 4) is 0 Å². The molecule has 108 valence electrons. The van der Waals surface area contributed by atoms with Gasteiger partial charge in [-0.05, 0) is 45.1 Å². The number of hydrogen-bond acceptors (Lipinski definition) is 3. The lowest BCUT2D eigenvalue weighted by Crippen LogP contribution is -2.15. The third-order valence-electron chi connectivity index (χ3n) is 3.25. The molecule has 0 spiro atoms. The van der Waals surface area contributed by atoms with Crippen LogP contribution < -0.4 is 0 Å². The van der Waals surface area contributed by atoms with Crippen molar-refractivity contribution in [1.29, 1.82) is 0 Å². The summed E-state index contributed by atoms with van der Waals surface area (Å²) in [4.78, 5) is 14.1. The molecule has 0 aliphatic rings. The standard InChI is InChI=1S/C15H19ClN2O2/c1-11-4-5-14-13(8-11)12(6-7-17(2)3)9-18(14)15(19)20-10-16/h4-5,8-9H,6-7,10H2,1-3H3. The Morgan fingerprint density at radius 3 is 2.80 bits per heavy atom. The molecule has 0 saturated heterocycles. The number of carbonyl (C=O) groups is 1. The average Bonchev–Trinajstić information content (AvgIpc) is 2.74. The maximum atomic E-state index is 11.9. The second-order valence-electron chi connectivity index (χ2n) is 5.12. The highest BCUT2D eigenvalue weighted by atomic mass is 35.5. The first-order chi connectivity index (χ1) is 9.52. The van der Waals surface area contributed by atoms with E-state index in [1.54, 1.807) is 0 Å². The molecule has 1 aromatic heterocycles. The quantitative estimate of drug-likeness (QED) is 0.812. The van der Waals surface area contributed by atoms with Gasteiger partial charge in [0.2, 0.25) is 0 Å². The number of likely N-dealkylation sites (N-methyl/N-ethyl adjacent to an activating group) is 1. The molecule has 2 rings (SSSR count). The predicted octanol–water partition coefficient (Wildman–Crippen LogP) is 3.23. The molecule has 0 saturated carbocycles. The molecule has 0 bridgehead atoms. The van der Waals surface area contributed by atoms with Gasteiger partial charge in [0.05, 0.1) is 5.52 Å². The summed E-state index contributed by atoms with van der Waals surface area (Å²) in [6, 6.07) is 5.89. The van der Waals surface area contributed by atoms with Gasteiger partial charge in [-0.1, -0.05) is 23.2 Å². The fourth-order valence-electron chi connectivity index (χ4n) is 2.22. The van der Waals surface area contributed by atoms with Gasteiger partial charge in [0.1, 0.15) is 0 Å². The maximum Gasteiger partial charge on any atom is 0.419 e. The van der Waals surface area contributed by atoms with Gasteiger partial charge < -0.3 is 9.64 Å². The summed E-state index contributed by atoms with van der Waals surface area (Å²) >= 11 is 5.47. The number of nitrogens with zero attached hydrogens (tertiary/aromatic N) is 2. The van der Waals surface area contributed by atoms with Gasteiger partial charge >= 0.3 is 6.09 Å². The zero-order chi connectivity index (χ0) is 14.7. The number of halogens is 1. The predicted molar refractivity (Wildman–Crippen MR) is 81.5 cm³/mol. The molecule has 0 amide bonds. The van der Waals surface area contributed by atoms with Gasteiger partial charge in [0.25, 0.3) is 0 Å². The van der Waals surface area contributed by atoms with Crippen LogP contribution in [-0.4, -0.2) is 42.3 Å². The van der Waals surface area contributed by atoms with Crippen LogP contribution in [-0.2, 0) is 11.2 Å². The van der Waals surface area contributed by atoms with Crippen LogP contribution in [0.5, 0.6) is 0 Å². The van der Waals surface area contributed by atoms with Crippen molar-refractivity contribution in [2.75, 3.05) is 26.7 Å². The first kappa shape index (κ1) is 14.9. The molecule has 0 fully saturated rings. The third kappa shape index (κ3) is 3.14. The molecule has 5 heteroatoms. The minimum atomic E-state index is -0.440. The lowest BCUT2D eigenvalue weighted by molar-refractivity contribution is 0.167. The summed E-state index contributed by atoms with van der Waals surface area (Å²) in [7, 11) is 4.07. The average molecular weight is 295 g/mol. The lowest BCUT2D eigenvalue weighted by atomic mass is 10.1. The minimum Gasteiger partial charge on any atom is -0.433 e. The molecule has 20 heavy (non-hydrogen) atoms. The highest BCUT2D eigenvalue weighted by Gasteiger charge is 2.14. The summed E-state index contributed by atoms with van der Waals surface area (Å²) in [5.74, 6) is 0. The number of rotatable bonds is 4. The van der Waals surface area contributed by atoms with Crippen LogP contribution in [0.15, 0.2) is 24.4 Å². The molecule has 2 aromatic rings. The summed E-state index contributed by atoms with van der Waals surface area (Å²) in [6.45, 7) is 2.97. The first-order valence-electron chi connectivity index (χ1n) is 6.51. The number of aromatic nitrogens is 1. The van der Waals surface area contributed by atoms with Crippen LogP contribution in [0.4, 0.5) is 4.79 Å². The van der Waals surface area contributed by atoms with Crippen molar-refractivity contribution in [3.05, 3.63) is 35.5 Å². The Hall–Kier alpha value is -1.52. The number of fused-ring (bicyclic) bond motifs is 1. The molecule has 0 atom stereocenters.